The second-order valence-electron chi connectivity index (χ2n) is 7.55. The number of hydrogen-bond donors (Lipinski definition) is 2. The Labute approximate surface area is 177 Å². The van der Waals surface area contributed by atoms with Crippen LogP contribution in [0, 0.1) is 6.92 Å². The summed E-state index contributed by atoms with van der Waals surface area (Å²) >= 11 is 0. The third-order valence-corrected chi connectivity index (χ3v) is 5.11. The van der Waals surface area contributed by atoms with Crippen molar-refractivity contribution in [2.24, 2.45) is 5.73 Å². The first-order valence-electron chi connectivity index (χ1n) is 10.2. The minimum atomic E-state index is 0.00928. The van der Waals surface area contributed by atoms with Crippen LogP contribution in [0.4, 0.5) is 5.82 Å². The van der Waals surface area contributed by atoms with E-state index in [1.807, 2.05) is 48.9 Å². The van der Waals surface area contributed by atoms with Gasteiger partial charge in [0, 0.05) is 36.7 Å². The first kappa shape index (κ1) is 19.8. The largest absolute Gasteiger partial charge is 0.368 e. The molecule has 4 aromatic rings. The third-order valence-electron chi connectivity index (χ3n) is 5.11. The predicted octanol–water partition coefficient (Wildman–Crippen LogP) is 5.10. The van der Waals surface area contributed by atoms with Crippen LogP contribution in [0.5, 0.6) is 0 Å². The van der Waals surface area contributed by atoms with Gasteiger partial charge in [0.2, 0.25) is 0 Å². The average molecular weight is 395 g/mol. The molecule has 0 amide bonds. The lowest BCUT2D eigenvalue weighted by Crippen LogP contribution is -2.31. The molecule has 0 fully saturated rings. The first-order chi connectivity index (χ1) is 14.7. The Kier molecular flexibility index (Phi) is 6.16. The maximum atomic E-state index is 6.34. The Hall–Kier alpha value is -3.50. The Morgan fingerprint density at radius 2 is 1.67 bits per heavy atom. The molecule has 0 radical (unpaired) electrons. The van der Waals surface area contributed by atoms with Crippen molar-refractivity contribution in [1.82, 2.24) is 9.97 Å². The third kappa shape index (κ3) is 4.91. The van der Waals surface area contributed by atoms with Crippen LogP contribution in [0.2, 0.25) is 0 Å². The van der Waals surface area contributed by atoms with Gasteiger partial charge in [0.05, 0.1) is 0 Å². The van der Waals surface area contributed by atoms with E-state index in [1.54, 1.807) is 0 Å². The summed E-state index contributed by atoms with van der Waals surface area (Å²) in [5, 5.41) is 3.41. The molecule has 3 N–H and O–H groups in total. The van der Waals surface area contributed by atoms with Gasteiger partial charge in [-0.05, 0) is 53.8 Å². The van der Waals surface area contributed by atoms with Gasteiger partial charge < -0.3 is 11.1 Å². The van der Waals surface area contributed by atoms with E-state index in [0.717, 1.165) is 34.5 Å². The molecule has 0 saturated heterocycles. The van der Waals surface area contributed by atoms with E-state index in [-0.39, 0.29) is 6.04 Å². The zero-order chi connectivity index (χ0) is 20.8. The second kappa shape index (κ2) is 9.33. The highest BCUT2D eigenvalue weighted by molar-refractivity contribution is 5.84. The van der Waals surface area contributed by atoms with Gasteiger partial charge in [-0.3, -0.25) is 4.98 Å². The van der Waals surface area contributed by atoms with E-state index in [1.165, 1.54) is 11.1 Å². The molecule has 4 heteroatoms. The van der Waals surface area contributed by atoms with Crippen LogP contribution in [0.15, 0.2) is 91.4 Å². The Bertz CT molecular complexity index is 1090. The monoisotopic (exact) mass is 394 g/mol. The molecule has 0 spiro atoms. The molecule has 0 aliphatic heterocycles. The Morgan fingerprint density at radius 3 is 2.43 bits per heavy atom. The number of nitrogens with zero attached hydrogens (tertiary/aromatic N) is 2. The molecule has 2 heterocycles. The summed E-state index contributed by atoms with van der Waals surface area (Å²) in [4.78, 5) is 8.83. The molecule has 30 heavy (non-hydrogen) atoms. The van der Waals surface area contributed by atoms with Gasteiger partial charge in [-0.1, -0.05) is 60.2 Å². The van der Waals surface area contributed by atoms with Crippen LogP contribution >= 0.6 is 0 Å². The van der Waals surface area contributed by atoms with E-state index in [0.29, 0.717) is 6.54 Å². The number of hydrogen-bond acceptors (Lipinski definition) is 4. The predicted molar refractivity (Wildman–Crippen MR) is 124 cm³/mol. The molecule has 4 nitrogen and oxygen atoms in total. The maximum absolute atomic E-state index is 6.34. The lowest BCUT2D eigenvalue weighted by Gasteiger charge is -2.16. The molecular weight excluding hydrogens is 368 g/mol. The fourth-order valence-electron chi connectivity index (χ4n) is 3.59. The summed E-state index contributed by atoms with van der Waals surface area (Å²) in [5.41, 5.74) is 13.3. The van der Waals surface area contributed by atoms with Crippen LogP contribution in [0.1, 0.15) is 11.1 Å². The number of benzene rings is 2. The number of anilines is 1. The zero-order valence-electron chi connectivity index (χ0n) is 17.1. The van der Waals surface area contributed by atoms with Gasteiger partial charge in [0.1, 0.15) is 5.82 Å². The highest BCUT2D eigenvalue weighted by Crippen LogP contribution is 2.33. The van der Waals surface area contributed by atoms with E-state index in [9.17, 15) is 0 Å². The van der Waals surface area contributed by atoms with Crippen LogP contribution in [0.3, 0.4) is 0 Å². The lowest BCUT2D eigenvalue weighted by molar-refractivity contribution is 0.698. The summed E-state index contributed by atoms with van der Waals surface area (Å²) in [6.45, 7) is 2.76. The van der Waals surface area contributed by atoms with Gasteiger partial charge >= 0.3 is 0 Å². The summed E-state index contributed by atoms with van der Waals surface area (Å²) < 4.78 is 0. The minimum absolute atomic E-state index is 0.00928. The first-order valence-corrected chi connectivity index (χ1v) is 10.2. The fraction of sp³-hybridized carbons (Fsp3) is 0.154. The van der Waals surface area contributed by atoms with Crippen molar-refractivity contribution in [2.75, 3.05) is 11.9 Å². The highest BCUT2D eigenvalue weighted by atomic mass is 15.0. The SMILES string of the molecule is Cc1cccc(-c2cnc(NC[C@@H](N)Cc3ccccc3)cc2-c2ccncc2)c1. The van der Waals surface area contributed by atoms with Gasteiger partial charge in [-0.15, -0.1) is 0 Å². The fourth-order valence-corrected chi connectivity index (χ4v) is 3.59. The second-order valence-corrected chi connectivity index (χ2v) is 7.55. The maximum Gasteiger partial charge on any atom is 0.126 e. The van der Waals surface area contributed by atoms with Crippen LogP contribution in [-0.2, 0) is 6.42 Å². The zero-order valence-corrected chi connectivity index (χ0v) is 17.1. The number of pyridine rings is 2. The quantitative estimate of drug-likeness (QED) is 0.458. The smallest absolute Gasteiger partial charge is 0.126 e. The van der Waals surface area contributed by atoms with Crippen LogP contribution in [-0.4, -0.2) is 22.6 Å². The van der Waals surface area contributed by atoms with E-state index in [4.69, 9.17) is 5.73 Å². The van der Waals surface area contributed by atoms with Crippen molar-refractivity contribution in [3.8, 4) is 22.3 Å². The molecule has 0 unspecified atom stereocenters. The number of aryl methyl sites for hydroxylation is 1. The molecule has 0 bridgehead atoms. The summed E-state index contributed by atoms with van der Waals surface area (Å²) in [5.74, 6) is 0.821. The molecule has 150 valence electrons. The van der Waals surface area contributed by atoms with Gasteiger partial charge in [0.15, 0.2) is 0 Å². The molecule has 0 saturated carbocycles. The number of rotatable bonds is 7. The normalized spacial score (nSPS) is 11.8. The summed E-state index contributed by atoms with van der Waals surface area (Å²) in [6.07, 6.45) is 6.40. The van der Waals surface area contributed by atoms with Crippen molar-refractivity contribution >= 4 is 5.82 Å². The molecular formula is C26H26N4. The number of nitrogens with two attached hydrogens (primary N) is 1. The minimum Gasteiger partial charge on any atom is -0.368 e. The van der Waals surface area contributed by atoms with Gasteiger partial charge in [-0.2, -0.15) is 0 Å². The topological polar surface area (TPSA) is 63.8 Å². The van der Waals surface area contributed by atoms with E-state index >= 15 is 0 Å². The van der Waals surface area contributed by atoms with Crippen molar-refractivity contribution < 1.29 is 0 Å². The molecule has 1 atom stereocenters. The van der Waals surface area contributed by atoms with Crippen molar-refractivity contribution in [1.29, 1.82) is 0 Å². The van der Waals surface area contributed by atoms with Crippen LogP contribution in [0.25, 0.3) is 22.3 Å². The molecule has 2 aromatic carbocycles. The highest BCUT2D eigenvalue weighted by Gasteiger charge is 2.11. The Morgan fingerprint density at radius 1 is 0.867 bits per heavy atom. The molecule has 0 aliphatic carbocycles. The summed E-state index contributed by atoms with van der Waals surface area (Å²) in [6, 6.07) is 25.0. The Balaban J connectivity index is 1.58. The lowest BCUT2D eigenvalue weighted by atomic mass is 9.96. The van der Waals surface area contributed by atoms with Crippen molar-refractivity contribution in [3.63, 3.8) is 0 Å². The van der Waals surface area contributed by atoms with Crippen molar-refractivity contribution in [2.45, 2.75) is 19.4 Å². The number of aromatic nitrogens is 2. The van der Waals surface area contributed by atoms with E-state index in [2.05, 4.69) is 64.7 Å². The number of nitrogens with one attached hydrogen (secondary N) is 1. The molecule has 4 rings (SSSR count). The van der Waals surface area contributed by atoms with Crippen LogP contribution < -0.4 is 11.1 Å². The van der Waals surface area contributed by atoms with Crippen molar-refractivity contribution in [3.05, 3.63) is 103 Å². The summed E-state index contributed by atoms with van der Waals surface area (Å²) in [7, 11) is 0. The molecule has 0 aliphatic rings. The van der Waals surface area contributed by atoms with Gasteiger partial charge in [0.25, 0.3) is 0 Å². The molecule has 2 aromatic heterocycles. The standard InChI is InChI=1S/C26H26N4/c1-19-6-5-9-22(14-19)25-18-30-26(16-24(25)21-10-12-28-13-11-21)29-17-23(27)15-20-7-3-2-4-8-20/h2-14,16,18,23H,15,17,27H2,1H3,(H,29,30)/t23-/m0/s1. The van der Waals surface area contributed by atoms with Gasteiger partial charge in [-0.25, -0.2) is 4.98 Å². The average Bonchev–Trinajstić information content (AvgIpc) is 2.79. The van der Waals surface area contributed by atoms with E-state index < -0.39 is 0 Å².